The van der Waals surface area contributed by atoms with Gasteiger partial charge in [-0.1, -0.05) is 127 Å². The van der Waals surface area contributed by atoms with Crippen molar-refractivity contribution in [2.24, 2.45) is 0 Å². The summed E-state index contributed by atoms with van der Waals surface area (Å²) < 4.78 is 8.88. The van der Waals surface area contributed by atoms with Gasteiger partial charge in [0.05, 0.1) is 0 Å². The van der Waals surface area contributed by atoms with E-state index >= 15 is 0 Å². The van der Waals surface area contributed by atoms with Crippen molar-refractivity contribution in [3.05, 3.63) is 200 Å². The first kappa shape index (κ1) is 31.6. The summed E-state index contributed by atoms with van der Waals surface area (Å²) in [4.78, 5) is 2.38. The number of rotatable bonds is 6. The van der Waals surface area contributed by atoms with Crippen LogP contribution in [0, 0.1) is 0 Å². The number of anilines is 3. The maximum atomic E-state index is 6.25. The summed E-state index contributed by atoms with van der Waals surface area (Å²) in [6.07, 6.45) is 0. The number of thiophene rings is 1. The van der Waals surface area contributed by atoms with Gasteiger partial charge in [0.1, 0.15) is 11.2 Å². The Kier molecular flexibility index (Phi) is 7.39. The molecule has 2 heterocycles. The van der Waals surface area contributed by atoms with Crippen LogP contribution >= 0.6 is 11.3 Å². The summed E-state index contributed by atoms with van der Waals surface area (Å²) in [5, 5.41) is 7.39. The van der Waals surface area contributed by atoms with Crippen molar-refractivity contribution in [3.63, 3.8) is 0 Å². The van der Waals surface area contributed by atoms with E-state index in [0.29, 0.717) is 0 Å². The van der Waals surface area contributed by atoms with E-state index in [9.17, 15) is 0 Å². The minimum Gasteiger partial charge on any atom is -0.456 e. The number of para-hydroxylation sites is 1. The van der Waals surface area contributed by atoms with Gasteiger partial charge >= 0.3 is 0 Å². The van der Waals surface area contributed by atoms with E-state index in [1.807, 2.05) is 23.5 Å². The minimum absolute atomic E-state index is 0.903. The van der Waals surface area contributed by atoms with Gasteiger partial charge in [0.15, 0.2) is 0 Å². The first-order chi connectivity index (χ1) is 27.2. The summed E-state index contributed by atoms with van der Waals surface area (Å²) in [5.74, 6) is 0. The molecule has 0 spiro atoms. The van der Waals surface area contributed by atoms with Crippen LogP contribution in [-0.2, 0) is 0 Å². The van der Waals surface area contributed by atoms with E-state index < -0.39 is 0 Å². The van der Waals surface area contributed by atoms with Gasteiger partial charge in [-0.2, -0.15) is 0 Å². The molecule has 0 fully saturated rings. The van der Waals surface area contributed by atoms with Gasteiger partial charge < -0.3 is 9.32 Å². The number of furan rings is 1. The summed E-state index contributed by atoms with van der Waals surface area (Å²) in [6, 6.07) is 72.3. The molecule has 3 heteroatoms. The average Bonchev–Trinajstić information content (AvgIpc) is 3.82. The fourth-order valence-corrected chi connectivity index (χ4v) is 9.26. The van der Waals surface area contributed by atoms with Crippen LogP contribution in [0.15, 0.2) is 205 Å². The normalized spacial score (nSPS) is 11.6. The first-order valence-electron chi connectivity index (χ1n) is 18.7. The monoisotopic (exact) mass is 719 g/mol. The van der Waals surface area contributed by atoms with Crippen LogP contribution in [-0.4, -0.2) is 0 Å². The number of nitrogens with zero attached hydrogens (tertiary/aromatic N) is 1. The van der Waals surface area contributed by atoms with E-state index in [-0.39, 0.29) is 0 Å². The van der Waals surface area contributed by atoms with Crippen molar-refractivity contribution in [2.75, 3.05) is 4.90 Å². The van der Waals surface area contributed by atoms with Gasteiger partial charge in [-0.3, -0.25) is 0 Å². The lowest BCUT2D eigenvalue weighted by molar-refractivity contribution is 0.669. The van der Waals surface area contributed by atoms with Crippen LogP contribution in [0.1, 0.15) is 0 Å². The Labute approximate surface area is 322 Å². The predicted molar refractivity (Wildman–Crippen MR) is 235 cm³/mol. The highest BCUT2D eigenvalue weighted by atomic mass is 32.1. The highest BCUT2D eigenvalue weighted by molar-refractivity contribution is 7.25. The molecule has 0 bridgehead atoms. The van der Waals surface area contributed by atoms with Crippen molar-refractivity contribution in [1.29, 1.82) is 0 Å². The number of fused-ring (bicyclic) bond motifs is 7. The highest BCUT2D eigenvalue weighted by Gasteiger charge is 2.17. The molecule has 0 N–H and O–H groups in total. The molecule has 2 aromatic heterocycles. The molecule has 0 aliphatic heterocycles. The second-order valence-electron chi connectivity index (χ2n) is 14.1. The third kappa shape index (κ3) is 5.48. The molecule has 0 amide bonds. The lowest BCUT2D eigenvalue weighted by Crippen LogP contribution is -2.10. The maximum absolute atomic E-state index is 6.25. The lowest BCUT2D eigenvalue weighted by atomic mass is 9.97. The van der Waals surface area contributed by atoms with Crippen molar-refractivity contribution < 1.29 is 4.42 Å². The molecule has 0 saturated heterocycles. The number of hydrogen-bond donors (Lipinski definition) is 0. The van der Waals surface area contributed by atoms with Gasteiger partial charge in [0, 0.05) is 48.0 Å². The molecule has 0 aliphatic carbocycles. The Hall–Kier alpha value is -6.94. The van der Waals surface area contributed by atoms with Crippen LogP contribution in [0.5, 0.6) is 0 Å². The Balaban J connectivity index is 1.03. The minimum atomic E-state index is 0.903. The second-order valence-corrected chi connectivity index (χ2v) is 15.2. The van der Waals surface area contributed by atoms with Gasteiger partial charge in [-0.15, -0.1) is 11.3 Å². The smallest absolute Gasteiger partial charge is 0.136 e. The molecule has 9 aromatic carbocycles. The van der Waals surface area contributed by atoms with E-state index in [2.05, 4.69) is 193 Å². The molecule has 11 rings (SSSR count). The van der Waals surface area contributed by atoms with E-state index in [0.717, 1.165) is 50.1 Å². The molecular weight excluding hydrogens is 687 g/mol. The van der Waals surface area contributed by atoms with Crippen LogP contribution < -0.4 is 4.90 Å². The third-order valence-electron chi connectivity index (χ3n) is 10.9. The van der Waals surface area contributed by atoms with Crippen LogP contribution in [0.4, 0.5) is 17.1 Å². The van der Waals surface area contributed by atoms with Gasteiger partial charge in [-0.05, 0) is 117 Å². The quantitative estimate of drug-likeness (QED) is 0.170. The largest absolute Gasteiger partial charge is 0.456 e. The van der Waals surface area contributed by atoms with Crippen molar-refractivity contribution >= 4 is 81.3 Å². The summed E-state index contributed by atoms with van der Waals surface area (Å²) in [5.41, 5.74) is 12.2. The van der Waals surface area contributed by atoms with Crippen LogP contribution in [0.3, 0.4) is 0 Å². The van der Waals surface area contributed by atoms with Crippen LogP contribution in [0.2, 0.25) is 0 Å². The Morgan fingerprint density at radius 1 is 0.327 bits per heavy atom. The molecule has 0 atom stereocenters. The van der Waals surface area contributed by atoms with Gasteiger partial charge in [0.25, 0.3) is 0 Å². The molecule has 0 saturated carbocycles. The maximum Gasteiger partial charge on any atom is 0.136 e. The zero-order valence-corrected chi connectivity index (χ0v) is 30.6. The average molecular weight is 720 g/mol. The van der Waals surface area contributed by atoms with Gasteiger partial charge in [0.2, 0.25) is 0 Å². The molecular formula is C52H33NOS. The van der Waals surface area contributed by atoms with Crippen molar-refractivity contribution in [1.82, 2.24) is 0 Å². The number of hydrogen-bond acceptors (Lipinski definition) is 3. The zero-order chi connectivity index (χ0) is 36.3. The van der Waals surface area contributed by atoms with Crippen LogP contribution in [0.25, 0.3) is 86.3 Å². The fourth-order valence-electron chi connectivity index (χ4n) is 8.18. The summed E-state index contributed by atoms with van der Waals surface area (Å²) in [7, 11) is 0. The van der Waals surface area contributed by atoms with E-state index in [1.54, 1.807) is 0 Å². The molecule has 0 radical (unpaired) electrons. The molecule has 258 valence electrons. The highest BCUT2D eigenvalue weighted by Crippen LogP contribution is 2.42. The molecule has 0 aliphatic rings. The Morgan fingerprint density at radius 2 is 0.927 bits per heavy atom. The zero-order valence-electron chi connectivity index (χ0n) is 29.8. The fraction of sp³-hybridized carbons (Fsp3) is 0. The topological polar surface area (TPSA) is 16.4 Å². The third-order valence-corrected chi connectivity index (χ3v) is 12.0. The standard InChI is InChI=1S/C52H33NOS/c1-2-16-43-35(10-1)11-9-19-44(43)39-13-8-15-42(31-39)53(40-26-22-34(23-27-40)38-24-28-46-45-17-3-5-20-49(45)54-50(46)33-38)41-14-7-12-36(30-41)37-25-29-52-48(32-37)47-18-4-6-21-51(47)55-52/h1-33H. The predicted octanol–water partition coefficient (Wildman–Crippen LogP) is 15.6. The molecule has 55 heavy (non-hydrogen) atoms. The van der Waals surface area contributed by atoms with Crippen molar-refractivity contribution in [3.8, 4) is 33.4 Å². The van der Waals surface area contributed by atoms with Crippen molar-refractivity contribution in [2.45, 2.75) is 0 Å². The molecule has 0 unspecified atom stereocenters. The number of benzene rings is 9. The van der Waals surface area contributed by atoms with E-state index in [1.165, 1.54) is 53.2 Å². The Morgan fingerprint density at radius 3 is 1.80 bits per heavy atom. The van der Waals surface area contributed by atoms with Gasteiger partial charge in [-0.25, -0.2) is 0 Å². The first-order valence-corrected chi connectivity index (χ1v) is 19.5. The van der Waals surface area contributed by atoms with E-state index in [4.69, 9.17) is 4.42 Å². The summed E-state index contributed by atoms with van der Waals surface area (Å²) in [6.45, 7) is 0. The molecule has 2 nitrogen and oxygen atoms in total. The Bertz CT molecular complexity index is 3220. The molecule has 11 aromatic rings. The second kappa shape index (κ2) is 12.9. The lowest BCUT2D eigenvalue weighted by Gasteiger charge is -2.27. The summed E-state index contributed by atoms with van der Waals surface area (Å²) >= 11 is 1.86. The SMILES string of the molecule is c1cc(-c2ccc3sc4ccccc4c3c2)cc(N(c2ccc(-c3ccc4c(c3)oc3ccccc34)cc2)c2cccc(-c3cccc4ccccc34)c2)c1.